The van der Waals surface area contributed by atoms with Gasteiger partial charge in [0.05, 0.1) is 12.7 Å². The van der Waals surface area contributed by atoms with Gasteiger partial charge in [0, 0.05) is 16.4 Å². The molecule has 6 nitrogen and oxygen atoms in total. The van der Waals surface area contributed by atoms with Crippen molar-refractivity contribution in [2.45, 2.75) is 33.1 Å². The van der Waals surface area contributed by atoms with E-state index in [-0.39, 0.29) is 5.41 Å². The molecule has 2 aromatic rings. The van der Waals surface area contributed by atoms with Crippen molar-refractivity contribution in [1.82, 2.24) is 5.16 Å². The number of carbonyl (C=O) groups excluding carboxylic acids is 1. The van der Waals surface area contributed by atoms with Crippen LogP contribution in [0, 0.1) is 6.92 Å². The highest BCUT2D eigenvalue weighted by Gasteiger charge is 2.20. The summed E-state index contributed by atoms with van der Waals surface area (Å²) in [5.74, 6) is 0.862. The fourth-order valence-electron chi connectivity index (χ4n) is 1.81. The topological polar surface area (TPSA) is 76.4 Å². The predicted molar refractivity (Wildman–Crippen MR) is 95.4 cm³/mol. The number of hydrogen-bond acceptors (Lipinski definition) is 6. The van der Waals surface area contributed by atoms with Gasteiger partial charge < -0.3 is 19.9 Å². The van der Waals surface area contributed by atoms with Crippen molar-refractivity contribution in [2.24, 2.45) is 0 Å². The van der Waals surface area contributed by atoms with Crippen molar-refractivity contribution in [3.8, 4) is 0 Å². The van der Waals surface area contributed by atoms with Crippen LogP contribution in [0.2, 0.25) is 0 Å². The Morgan fingerprint density at radius 1 is 1.35 bits per heavy atom. The number of thiocarbonyl (C=S) groups is 1. The minimum absolute atomic E-state index is 0.134. The lowest BCUT2D eigenvalue weighted by molar-refractivity contribution is 0.0602. The summed E-state index contributed by atoms with van der Waals surface area (Å²) in [6.45, 7) is 8.01. The van der Waals surface area contributed by atoms with Gasteiger partial charge in [0.15, 0.2) is 10.9 Å². The van der Waals surface area contributed by atoms with Crippen LogP contribution < -0.4 is 10.6 Å². The van der Waals surface area contributed by atoms with E-state index in [1.807, 2.05) is 27.7 Å². The molecule has 2 rings (SSSR count). The Kier molecular flexibility index (Phi) is 5.06. The van der Waals surface area contributed by atoms with Crippen LogP contribution in [0.25, 0.3) is 0 Å². The first-order valence-corrected chi connectivity index (χ1v) is 8.17. The quantitative estimate of drug-likeness (QED) is 0.639. The number of rotatable bonds is 3. The average Bonchev–Trinajstić information content (AvgIpc) is 3.04. The van der Waals surface area contributed by atoms with E-state index in [0.717, 1.165) is 10.6 Å². The molecule has 0 spiro atoms. The standard InChI is InChI=1S/C15H19N3O3S2/c1-8-6-9(13(19)20-5)12(23-8)17-14(22)16-11-7-10(21-18-11)15(2,3)4/h6-7H,1-5H3,(H2,16,17,18,22). The van der Waals surface area contributed by atoms with E-state index < -0.39 is 5.97 Å². The Hall–Kier alpha value is -1.93. The van der Waals surface area contributed by atoms with Crippen LogP contribution in [0.15, 0.2) is 16.7 Å². The summed E-state index contributed by atoms with van der Waals surface area (Å²) in [6.07, 6.45) is 0. The highest BCUT2D eigenvalue weighted by Crippen LogP contribution is 2.29. The summed E-state index contributed by atoms with van der Waals surface area (Å²) in [6, 6.07) is 3.56. The Morgan fingerprint density at radius 2 is 2.04 bits per heavy atom. The number of nitrogens with zero attached hydrogens (tertiary/aromatic N) is 1. The maximum Gasteiger partial charge on any atom is 0.340 e. The van der Waals surface area contributed by atoms with Crippen molar-refractivity contribution in [3.05, 3.63) is 28.3 Å². The van der Waals surface area contributed by atoms with E-state index in [9.17, 15) is 4.79 Å². The normalized spacial score (nSPS) is 11.2. The van der Waals surface area contributed by atoms with Gasteiger partial charge in [0.2, 0.25) is 0 Å². The largest absolute Gasteiger partial charge is 0.465 e. The molecule has 8 heteroatoms. The first kappa shape index (κ1) is 17.4. The van der Waals surface area contributed by atoms with Crippen LogP contribution in [-0.4, -0.2) is 23.3 Å². The molecule has 2 N–H and O–H groups in total. The molecule has 0 aliphatic rings. The molecule has 0 radical (unpaired) electrons. The third-order valence-corrected chi connectivity index (χ3v) is 4.15. The van der Waals surface area contributed by atoms with E-state index in [1.54, 1.807) is 12.1 Å². The fraction of sp³-hybridized carbons (Fsp3) is 0.400. The smallest absolute Gasteiger partial charge is 0.340 e. The van der Waals surface area contributed by atoms with E-state index in [4.69, 9.17) is 21.5 Å². The molecule has 2 aromatic heterocycles. The lowest BCUT2D eigenvalue weighted by atomic mass is 9.93. The number of methoxy groups -OCH3 is 1. The molecule has 0 fully saturated rings. The molecule has 0 saturated heterocycles. The maximum absolute atomic E-state index is 11.8. The van der Waals surface area contributed by atoms with Crippen molar-refractivity contribution in [2.75, 3.05) is 17.7 Å². The first-order chi connectivity index (χ1) is 10.7. The van der Waals surface area contributed by atoms with Gasteiger partial charge in [0.1, 0.15) is 10.8 Å². The molecule has 0 aliphatic carbocycles. The molecule has 0 atom stereocenters. The molecule has 0 aromatic carbocycles. The van der Waals surface area contributed by atoms with Gasteiger partial charge in [-0.25, -0.2) is 4.79 Å². The second-order valence-electron chi connectivity index (χ2n) is 6.00. The third-order valence-electron chi connectivity index (χ3n) is 2.98. The van der Waals surface area contributed by atoms with Crippen LogP contribution >= 0.6 is 23.6 Å². The number of thiophene rings is 1. The number of aromatic nitrogens is 1. The van der Waals surface area contributed by atoms with Gasteiger partial charge in [-0.2, -0.15) is 0 Å². The minimum Gasteiger partial charge on any atom is -0.465 e. The third kappa shape index (κ3) is 4.29. The van der Waals surface area contributed by atoms with Gasteiger partial charge in [-0.15, -0.1) is 11.3 Å². The van der Waals surface area contributed by atoms with E-state index in [1.165, 1.54) is 18.4 Å². The second kappa shape index (κ2) is 6.67. The number of anilines is 2. The minimum atomic E-state index is -0.406. The van der Waals surface area contributed by atoms with Gasteiger partial charge in [0.25, 0.3) is 0 Å². The molecule has 0 saturated carbocycles. The Bertz CT molecular complexity index is 729. The molecule has 0 unspecified atom stereocenters. The number of esters is 1. The maximum atomic E-state index is 11.8. The van der Waals surface area contributed by atoms with Crippen molar-refractivity contribution >= 4 is 45.5 Å². The van der Waals surface area contributed by atoms with Gasteiger partial charge in [-0.1, -0.05) is 25.9 Å². The van der Waals surface area contributed by atoms with Gasteiger partial charge >= 0.3 is 5.97 Å². The summed E-state index contributed by atoms with van der Waals surface area (Å²) in [4.78, 5) is 12.7. The lowest BCUT2D eigenvalue weighted by Gasteiger charge is -2.12. The van der Waals surface area contributed by atoms with E-state index >= 15 is 0 Å². The van der Waals surface area contributed by atoms with Crippen molar-refractivity contribution < 1.29 is 14.1 Å². The van der Waals surface area contributed by atoms with E-state index in [2.05, 4.69) is 15.8 Å². The van der Waals surface area contributed by atoms with Crippen LogP contribution in [-0.2, 0) is 10.2 Å². The summed E-state index contributed by atoms with van der Waals surface area (Å²) < 4.78 is 10.1. The monoisotopic (exact) mass is 353 g/mol. The number of carbonyl (C=O) groups is 1. The second-order valence-corrected chi connectivity index (χ2v) is 7.66. The number of hydrogen-bond donors (Lipinski definition) is 2. The van der Waals surface area contributed by atoms with Crippen LogP contribution in [0.1, 0.15) is 41.8 Å². The van der Waals surface area contributed by atoms with Crippen LogP contribution in [0.5, 0.6) is 0 Å². The molecule has 0 bridgehead atoms. The predicted octanol–water partition coefficient (Wildman–Crippen LogP) is 3.94. The fourth-order valence-corrected chi connectivity index (χ4v) is 2.98. The highest BCUT2D eigenvalue weighted by atomic mass is 32.1. The molecular formula is C15H19N3O3S2. The Balaban J connectivity index is 2.08. The van der Waals surface area contributed by atoms with Gasteiger partial charge in [-0.05, 0) is 25.2 Å². The summed E-state index contributed by atoms with van der Waals surface area (Å²) in [5.41, 5.74) is 0.319. The zero-order valence-electron chi connectivity index (χ0n) is 13.6. The number of aryl methyl sites for hydroxylation is 1. The highest BCUT2D eigenvalue weighted by molar-refractivity contribution is 7.80. The van der Waals surface area contributed by atoms with Crippen LogP contribution in [0.3, 0.4) is 0 Å². The zero-order chi connectivity index (χ0) is 17.2. The Labute approximate surface area is 144 Å². The molecule has 124 valence electrons. The zero-order valence-corrected chi connectivity index (χ0v) is 15.3. The van der Waals surface area contributed by atoms with Gasteiger partial charge in [-0.3, -0.25) is 0 Å². The van der Waals surface area contributed by atoms with Crippen molar-refractivity contribution in [1.29, 1.82) is 0 Å². The summed E-state index contributed by atoms with van der Waals surface area (Å²) >= 11 is 6.69. The number of ether oxygens (including phenoxy) is 1. The first-order valence-electron chi connectivity index (χ1n) is 6.94. The van der Waals surface area contributed by atoms with Crippen molar-refractivity contribution in [3.63, 3.8) is 0 Å². The average molecular weight is 353 g/mol. The SMILES string of the molecule is COC(=O)c1cc(C)sc1NC(=S)Nc1cc(C(C)(C)C)on1. The molecule has 2 heterocycles. The lowest BCUT2D eigenvalue weighted by Crippen LogP contribution is -2.20. The number of nitrogens with one attached hydrogen (secondary N) is 2. The molecule has 0 amide bonds. The molecular weight excluding hydrogens is 334 g/mol. The van der Waals surface area contributed by atoms with E-state index in [0.29, 0.717) is 21.5 Å². The molecule has 0 aliphatic heterocycles. The molecule has 23 heavy (non-hydrogen) atoms. The Morgan fingerprint density at radius 3 is 2.61 bits per heavy atom. The summed E-state index contributed by atoms with van der Waals surface area (Å²) in [5, 5.41) is 10.8. The van der Waals surface area contributed by atoms with Crippen LogP contribution in [0.4, 0.5) is 10.8 Å². The summed E-state index contributed by atoms with van der Waals surface area (Å²) in [7, 11) is 1.35.